The van der Waals surface area contributed by atoms with E-state index in [1.807, 2.05) is 13.8 Å². The molecule has 0 aromatic heterocycles. The van der Waals surface area contributed by atoms with Crippen LogP contribution in [0.1, 0.15) is 30.9 Å². The van der Waals surface area contributed by atoms with Crippen LogP contribution in [0, 0.1) is 0 Å². The van der Waals surface area contributed by atoms with Crippen LogP contribution in [0.4, 0.5) is 13.2 Å². The summed E-state index contributed by atoms with van der Waals surface area (Å²) in [5, 5.41) is 0. The molecule has 0 bridgehead atoms. The smallest absolute Gasteiger partial charge is 0.402 e. The number of carbonyl (C=O) groups is 1. The number of fused-ring (bicyclic) bond motifs is 1. The summed E-state index contributed by atoms with van der Waals surface area (Å²) in [6.45, 7) is 3.74. The van der Waals surface area contributed by atoms with E-state index in [9.17, 15) is 18.0 Å². The lowest BCUT2D eigenvalue weighted by Crippen LogP contribution is -2.24. The van der Waals surface area contributed by atoms with Crippen LogP contribution < -0.4 is 4.74 Å². The van der Waals surface area contributed by atoms with Crippen LogP contribution in [-0.2, 0) is 11.2 Å². The highest BCUT2D eigenvalue weighted by Gasteiger charge is 2.41. The van der Waals surface area contributed by atoms with Crippen LogP contribution in [0.5, 0.6) is 5.75 Å². The lowest BCUT2D eigenvalue weighted by molar-refractivity contribution is -0.155. The van der Waals surface area contributed by atoms with E-state index in [1.165, 1.54) is 18.2 Å². The van der Waals surface area contributed by atoms with Gasteiger partial charge in [0.15, 0.2) is 0 Å². The number of alkyl halides is 3. The molecule has 1 heterocycles. The molecule has 1 aliphatic rings. The van der Waals surface area contributed by atoms with E-state index >= 15 is 0 Å². The van der Waals surface area contributed by atoms with Crippen LogP contribution in [-0.4, -0.2) is 18.1 Å². The standard InChI is InChI=1S/C13H13F3O2/c1-12(2)6-9-5-8(3-4-11(9)18-12)10(7-17)13(14,15)16/h3-5,7,10H,6H2,1-2H3. The Hall–Kier alpha value is -1.52. The van der Waals surface area contributed by atoms with Crippen LogP contribution in [0.25, 0.3) is 0 Å². The molecule has 2 rings (SSSR count). The van der Waals surface area contributed by atoms with Gasteiger partial charge in [-0.2, -0.15) is 13.2 Å². The minimum absolute atomic E-state index is 0.0300. The van der Waals surface area contributed by atoms with Crippen LogP contribution >= 0.6 is 0 Å². The van der Waals surface area contributed by atoms with Crippen molar-refractivity contribution in [3.8, 4) is 5.75 Å². The Kier molecular flexibility index (Phi) is 2.87. The maximum absolute atomic E-state index is 12.6. The second kappa shape index (κ2) is 4.00. The average molecular weight is 258 g/mol. The molecule has 0 spiro atoms. The second-order valence-electron chi connectivity index (χ2n) is 5.06. The number of rotatable bonds is 2. The first-order valence-electron chi connectivity index (χ1n) is 5.57. The van der Waals surface area contributed by atoms with E-state index in [1.54, 1.807) is 0 Å². The first-order valence-corrected chi connectivity index (χ1v) is 5.57. The van der Waals surface area contributed by atoms with Crippen molar-refractivity contribution >= 4 is 6.29 Å². The van der Waals surface area contributed by atoms with Crippen LogP contribution in [0.15, 0.2) is 18.2 Å². The van der Waals surface area contributed by atoms with Crippen molar-refractivity contribution in [1.29, 1.82) is 0 Å². The lowest BCUT2D eigenvalue weighted by atomic mass is 9.95. The maximum Gasteiger partial charge on any atom is 0.402 e. The number of benzene rings is 1. The molecule has 0 saturated heterocycles. The van der Waals surface area contributed by atoms with E-state index in [0.29, 0.717) is 17.7 Å². The quantitative estimate of drug-likeness (QED) is 0.761. The van der Waals surface area contributed by atoms with E-state index in [0.717, 1.165) is 0 Å². The monoisotopic (exact) mass is 258 g/mol. The third kappa shape index (κ3) is 2.35. The number of halogens is 3. The second-order valence-corrected chi connectivity index (χ2v) is 5.06. The zero-order valence-corrected chi connectivity index (χ0v) is 10.0. The van der Waals surface area contributed by atoms with Gasteiger partial charge in [-0.15, -0.1) is 0 Å². The first-order chi connectivity index (χ1) is 8.23. The van der Waals surface area contributed by atoms with Gasteiger partial charge in [0.1, 0.15) is 23.6 Å². The van der Waals surface area contributed by atoms with E-state index in [2.05, 4.69) is 0 Å². The average Bonchev–Trinajstić information content (AvgIpc) is 2.49. The third-order valence-electron chi connectivity index (χ3n) is 2.93. The molecular formula is C13H13F3O2. The summed E-state index contributed by atoms with van der Waals surface area (Å²) in [6, 6.07) is 4.21. The molecule has 0 amide bonds. The molecule has 0 fully saturated rings. The molecule has 2 nitrogen and oxygen atoms in total. The number of hydrogen-bond donors (Lipinski definition) is 0. The summed E-state index contributed by atoms with van der Waals surface area (Å²) >= 11 is 0. The highest BCUT2D eigenvalue weighted by molar-refractivity contribution is 5.64. The molecule has 1 aromatic carbocycles. The Morgan fingerprint density at radius 2 is 2.06 bits per heavy atom. The molecule has 0 N–H and O–H groups in total. The largest absolute Gasteiger partial charge is 0.487 e. The SMILES string of the molecule is CC1(C)Cc2cc(C(C=O)C(F)(F)F)ccc2O1. The Morgan fingerprint density at radius 1 is 1.39 bits per heavy atom. The van der Waals surface area contributed by atoms with Gasteiger partial charge in [-0.1, -0.05) is 12.1 Å². The number of ether oxygens (including phenoxy) is 1. The predicted molar refractivity (Wildman–Crippen MR) is 59.7 cm³/mol. The topological polar surface area (TPSA) is 26.3 Å². The summed E-state index contributed by atoms with van der Waals surface area (Å²) < 4.78 is 43.5. The van der Waals surface area contributed by atoms with Gasteiger partial charge < -0.3 is 9.53 Å². The van der Waals surface area contributed by atoms with Crippen molar-refractivity contribution in [3.63, 3.8) is 0 Å². The molecular weight excluding hydrogens is 245 g/mol. The fourth-order valence-electron chi connectivity index (χ4n) is 2.17. The predicted octanol–water partition coefficient (Wildman–Crippen LogP) is 3.24. The zero-order valence-electron chi connectivity index (χ0n) is 10.0. The molecule has 0 saturated carbocycles. The lowest BCUT2D eigenvalue weighted by Gasteiger charge is -2.16. The Bertz CT molecular complexity index is 478. The normalized spacial score (nSPS) is 18.9. The maximum atomic E-state index is 12.6. The molecule has 1 aliphatic heterocycles. The van der Waals surface area contributed by atoms with Gasteiger partial charge >= 0.3 is 6.18 Å². The fourth-order valence-corrected chi connectivity index (χ4v) is 2.17. The molecule has 1 aromatic rings. The molecule has 0 aliphatic carbocycles. The highest BCUT2D eigenvalue weighted by Crippen LogP contribution is 2.39. The Labute approximate surface area is 103 Å². The van der Waals surface area contributed by atoms with Crippen molar-refractivity contribution < 1.29 is 22.7 Å². The molecule has 98 valence electrons. The van der Waals surface area contributed by atoms with Crippen LogP contribution in [0.3, 0.4) is 0 Å². The molecule has 5 heteroatoms. The van der Waals surface area contributed by atoms with Crippen LogP contribution in [0.2, 0.25) is 0 Å². The summed E-state index contributed by atoms with van der Waals surface area (Å²) in [4.78, 5) is 10.6. The van der Waals surface area contributed by atoms with E-state index < -0.39 is 17.7 Å². The van der Waals surface area contributed by atoms with Crippen molar-refractivity contribution in [2.75, 3.05) is 0 Å². The minimum atomic E-state index is -4.55. The van der Waals surface area contributed by atoms with Crippen molar-refractivity contribution in [2.24, 2.45) is 0 Å². The first kappa shape index (κ1) is 12.9. The van der Waals surface area contributed by atoms with Gasteiger partial charge in [0.05, 0.1) is 0 Å². The number of aldehydes is 1. The van der Waals surface area contributed by atoms with E-state index in [4.69, 9.17) is 4.74 Å². The fraction of sp³-hybridized carbons (Fsp3) is 0.462. The number of hydrogen-bond acceptors (Lipinski definition) is 2. The molecule has 1 unspecified atom stereocenters. The zero-order chi connectivity index (χ0) is 13.6. The Balaban J connectivity index is 2.36. The molecule has 1 atom stereocenters. The van der Waals surface area contributed by atoms with E-state index in [-0.39, 0.29) is 11.8 Å². The number of carbonyl (C=O) groups excluding carboxylic acids is 1. The molecule has 18 heavy (non-hydrogen) atoms. The van der Waals surface area contributed by atoms with Gasteiger partial charge in [-0.3, -0.25) is 0 Å². The van der Waals surface area contributed by atoms with Gasteiger partial charge in [-0.25, -0.2) is 0 Å². The van der Waals surface area contributed by atoms with Crippen molar-refractivity contribution in [3.05, 3.63) is 29.3 Å². The Morgan fingerprint density at radius 3 is 2.61 bits per heavy atom. The molecule has 0 radical (unpaired) electrons. The summed E-state index contributed by atoms with van der Waals surface area (Å²) in [6.07, 6.45) is -4.08. The van der Waals surface area contributed by atoms with Gasteiger partial charge in [0, 0.05) is 6.42 Å². The summed E-state index contributed by atoms with van der Waals surface area (Å²) in [5.41, 5.74) is 0.279. The van der Waals surface area contributed by atoms with Crippen molar-refractivity contribution in [2.45, 2.75) is 38.0 Å². The van der Waals surface area contributed by atoms with Gasteiger partial charge in [-0.05, 0) is 31.0 Å². The third-order valence-corrected chi connectivity index (χ3v) is 2.93. The minimum Gasteiger partial charge on any atom is -0.487 e. The summed E-state index contributed by atoms with van der Waals surface area (Å²) in [5.74, 6) is -1.47. The highest BCUT2D eigenvalue weighted by atomic mass is 19.4. The summed E-state index contributed by atoms with van der Waals surface area (Å²) in [7, 11) is 0. The van der Waals surface area contributed by atoms with Gasteiger partial charge in [0.25, 0.3) is 0 Å². The van der Waals surface area contributed by atoms with Gasteiger partial charge in [0.2, 0.25) is 0 Å². The van der Waals surface area contributed by atoms with Crippen molar-refractivity contribution in [1.82, 2.24) is 0 Å².